The molecule has 5 unspecified atom stereocenters. The number of aromatic nitrogens is 4. The minimum absolute atomic E-state index is 0.0998. The highest BCUT2D eigenvalue weighted by Crippen LogP contribution is 2.04. The van der Waals surface area contributed by atoms with E-state index in [4.69, 9.17) is 10.8 Å². The number of nitrogens with zero attached hydrogens (tertiary/aromatic N) is 2. The highest BCUT2D eigenvalue weighted by atomic mass is 16.4. The summed E-state index contributed by atoms with van der Waals surface area (Å²) in [6.45, 7) is 0.396. The molecule has 3 amide bonds. The van der Waals surface area contributed by atoms with Crippen LogP contribution in [0, 0.1) is 0 Å². The number of aliphatic hydroxyl groups excluding tert-OH is 2. The third-order valence-electron chi connectivity index (χ3n) is 4.80. The Balaban J connectivity index is 2.11. The van der Waals surface area contributed by atoms with Crippen LogP contribution in [0.15, 0.2) is 25.0 Å². The van der Waals surface area contributed by atoms with Crippen molar-refractivity contribution in [3.8, 4) is 0 Å². The van der Waals surface area contributed by atoms with Crippen molar-refractivity contribution in [3.63, 3.8) is 0 Å². The van der Waals surface area contributed by atoms with Crippen LogP contribution in [0.2, 0.25) is 0 Å². The number of carbonyl (C=O) groups excluding carboxylic acids is 3. The molecule has 0 aliphatic heterocycles. The van der Waals surface area contributed by atoms with Gasteiger partial charge in [-0.05, 0) is 6.92 Å². The molecule has 2 aromatic heterocycles. The average molecular weight is 480 g/mol. The topological polar surface area (TPSA) is 248 Å². The summed E-state index contributed by atoms with van der Waals surface area (Å²) in [7, 11) is 0. The lowest BCUT2D eigenvalue weighted by molar-refractivity contribution is -0.143. The Hall–Kier alpha value is -3.82. The molecule has 0 spiro atoms. The summed E-state index contributed by atoms with van der Waals surface area (Å²) in [5.74, 6) is -4.01. The zero-order valence-corrected chi connectivity index (χ0v) is 18.3. The fourth-order valence-electron chi connectivity index (χ4n) is 2.94. The summed E-state index contributed by atoms with van der Waals surface area (Å²) in [6, 6.07) is -5.44. The summed E-state index contributed by atoms with van der Waals surface area (Å²) >= 11 is 0. The third kappa shape index (κ3) is 7.65. The molecular formula is C19H28N8O7. The van der Waals surface area contributed by atoms with Gasteiger partial charge in [-0.15, -0.1) is 0 Å². The number of nitrogens with one attached hydrogen (secondary N) is 5. The normalized spacial score (nSPS) is 15.4. The van der Waals surface area contributed by atoms with Crippen LogP contribution in [0.5, 0.6) is 0 Å². The molecule has 0 aliphatic carbocycles. The summed E-state index contributed by atoms with van der Waals surface area (Å²) in [5, 5.41) is 35.2. The fourth-order valence-corrected chi connectivity index (χ4v) is 2.94. The number of rotatable bonds is 13. The van der Waals surface area contributed by atoms with Gasteiger partial charge in [0.05, 0.1) is 31.4 Å². The van der Waals surface area contributed by atoms with E-state index in [0.29, 0.717) is 11.4 Å². The van der Waals surface area contributed by atoms with E-state index in [1.54, 1.807) is 0 Å². The summed E-state index contributed by atoms with van der Waals surface area (Å²) in [5.41, 5.74) is 6.90. The van der Waals surface area contributed by atoms with Crippen molar-refractivity contribution in [2.75, 3.05) is 6.61 Å². The Morgan fingerprint density at radius 2 is 1.50 bits per heavy atom. The number of carbonyl (C=O) groups is 4. The van der Waals surface area contributed by atoms with Crippen LogP contribution in [-0.4, -0.2) is 95.8 Å². The maximum atomic E-state index is 12.9. The Kier molecular flexibility index (Phi) is 9.66. The van der Waals surface area contributed by atoms with Gasteiger partial charge in [-0.3, -0.25) is 14.4 Å². The van der Waals surface area contributed by atoms with E-state index in [1.807, 2.05) is 0 Å². The van der Waals surface area contributed by atoms with E-state index in [1.165, 1.54) is 32.0 Å². The number of carboxylic acids is 1. The molecule has 0 saturated heterocycles. The van der Waals surface area contributed by atoms with Crippen molar-refractivity contribution in [2.45, 2.75) is 50.0 Å². The van der Waals surface area contributed by atoms with Crippen LogP contribution in [0.1, 0.15) is 18.3 Å². The maximum Gasteiger partial charge on any atom is 0.328 e. The Morgan fingerprint density at radius 1 is 0.941 bits per heavy atom. The number of aliphatic hydroxyl groups is 2. The van der Waals surface area contributed by atoms with E-state index >= 15 is 0 Å². The third-order valence-corrected chi connectivity index (χ3v) is 4.80. The van der Waals surface area contributed by atoms with Gasteiger partial charge in [0.25, 0.3) is 0 Å². The SMILES string of the molecule is CC(O)C(NC(=O)C(N)Cc1cnc[nH]1)C(=O)NC(Cc1cnc[nH]1)C(=O)NC(CO)C(=O)O. The maximum absolute atomic E-state index is 12.9. The molecule has 34 heavy (non-hydrogen) atoms. The number of aliphatic carboxylic acids is 1. The van der Waals surface area contributed by atoms with Crippen LogP contribution in [0.25, 0.3) is 0 Å². The molecule has 15 nitrogen and oxygen atoms in total. The zero-order valence-electron chi connectivity index (χ0n) is 18.3. The van der Waals surface area contributed by atoms with Crippen LogP contribution in [-0.2, 0) is 32.0 Å². The minimum atomic E-state index is -1.60. The lowest BCUT2D eigenvalue weighted by Gasteiger charge is -2.26. The molecule has 10 N–H and O–H groups in total. The van der Waals surface area contributed by atoms with Gasteiger partial charge in [0.15, 0.2) is 0 Å². The zero-order chi connectivity index (χ0) is 25.3. The molecule has 0 radical (unpaired) electrons. The number of hydrogen-bond acceptors (Lipinski definition) is 9. The van der Waals surface area contributed by atoms with Gasteiger partial charge in [-0.2, -0.15) is 0 Å². The Bertz CT molecular complexity index is 948. The van der Waals surface area contributed by atoms with Gasteiger partial charge in [0, 0.05) is 36.6 Å². The van der Waals surface area contributed by atoms with Gasteiger partial charge in [-0.25, -0.2) is 14.8 Å². The predicted molar refractivity (Wildman–Crippen MR) is 115 cm³/mol. The second-order valence-corrected chi connectivity index (χ2v) is 7.54. The molecule has 2 heterocycles. The van der Waals surface area contributed by atoms with E-state index in [0.717, 1.165) is 0 Å². The number of amides is 3. The monoisotopic (exact) mass is 480 g/mol. The van der Waals surface area contributed by atoms with Crippen LogP contribution >= 0.6 is 0 Å². The molecule has 2 rings (SSSR count). The van der Waals surface area contributed by atoms with Crippen molar-refractivity contribution in [1.29, 1.82) is 0 Å². The van der Waals surface area contributed by atoms with Gasteiger partial charge < -0.3 is 47.0 Å². The number of carboxylic acid groups (broad SMARTS) is 1. The quantitative estimate of drug-likeness (QED) is 0.135. The smallest absolute Gasteiger partial charge is 0.328 e. The molecule has 0 aliphatic rings. The lowest BCUT2D eigenvalue weighted by atomic mass is 10.1. The largest absolute Gasteiger partial charge is 0.480 e. The highest BCUT2D eigenvalue weighted by Gasteiger charge is 2.32. The molecule has 15 heteroatoms. The molecule has 0 aromatic carbocycles. The molecule has 186 valence electrons. The van der Waals surface area contributed by atoms with Gasteiger partial charge in [-0.1, -0.05) is 0 Å². The van der Waals surface area contributed by atoms with E-state index < -0.39 is 60.6 Å². The second kappa shape index (κ2) is 12.4. The first-order valence-electron chi connectivity index (χ1n) is 10.2. The van der Waals surface area contributed by atoms with E-state index in [-0.39, 0.29) is 12.8 Å². The Morgan fingerprint density at radius 3 is 1.97 bits per heavy atom. The first-order valence-corrected chi connectivity index (χ1v) is 10.2. The average Bonchev–Trinajstić information content (AvgIpc) is 3.48. The number of imidazole rings is 2. The number of aromatic amines is 2. The number of hydrogen-bond donors (Lipinski definition) is 9. The Labute approximate surface area is 193 Å². The van der Waals surface area contributed by atoms with Crippen LogP contribution < -0.4 is 21.7 Å². The first-order chi connectivity index (χ1) is 16.1. The predicted octanol–water partition coefficient (Wildman–Crippen LogP) is -3.84. The lowest BCUT2D eigenvalue weighted by Crippen LogP contribution is -2.60. The van der Waals surface area contributed by atoms with Gasteiger partial charge in [0.1, 0.15) is 18.1 Å². The fraction of sp³-hybridized carbons (Fsp3) is 0.474. The van der Waals surface area contributed by atoms with Crippen molar-refractivity contribution in [2.24, 2.45) is 5.73 Å². The van der Waals surface area contributed by atoms with Gasteiger partial charge >= 0.3 is 5.97 Å². The summed E-state index contributed by atoms with van der Waals surface area (Å²) in [6.07, 6.45) is 4.28. The summed E-state index contributed by atoms with van der Waals surface area (Å²) in [4.78, 5) is 62.4. The van der Waals surface area contributed by atoms with E-state index in [2.05, 4.69) is 35.9 Å². The highest BCUT2D eigenvalue weighted by molar-refractivity contribution is 5.94. The molecular weight excluding hydrogens is 452 g/mol. The standard InChI is InChI=1S/C19H28N8O7/c1-9(29)15(27-16(30)12(20)2-10-4-21-7-23-10)18(32)25-13(3-11-5-22-8-24-11)17(31)26-14(6-28)19(33)34/h4-5,7-9,12-15,28-29H,2-3,6,20H2,1H3,(H,21,23)(H,22,24)(H,25,32)(H,26,31)(H,27,30)(H,33,34). The molecule has 0 fully saturated rings. The molecule has 2 aromatic rings. The van der Waals surface area contributed by atoms with E-state index in [9.17, 15) is 29.4 Å². The number of nitrogens with two attached hydrogens (primary N) is 1. The molecule has 5 atom stereocenters. The van der Waals surface area contributed by atoms with Crippen LogP contribution in [0.3, 0.4) is 0 Å². The van der Waals surface area contributed by atoms with Crippen molar-refractivity contribution >= 4 is 23.7 Å². The molecule has 0 saturated carbocycles. The van der Waals surface area contributed by atoms with Crippen molar-refractivity contribution < 1.29 is 34.5 Å². The van der Waals surface area contributed by atoms with Gasteiger partial charge in [0.2, 0.25) is 17.7 Å². The first kappa shape index (κ1) is 26.4. The molecule has 0 bridgehead atoms. The number of H-pyrrole nitrogens is 2. The summed E-state index contributed by atoms with van der Waals surface area (Å²) < 4.78 is 0. The van der Waals surface area contributed by atoms with Crippen LogP contribution in [0.4, 0.5) is 0 Å². The second-order valence-electron chi connectivity index (χ2n) is 7.54. The van der Waals surface area contributed by atoms with Crippen molar-refractivity contribution in [3.05, 3.63) is 36.4 Å². The van der Waals surface area contributed by atoms with Crippen molar-refractivity contribution in [1.82, 2.24) is 35.9 Å². The minimum Gasteiger partial charge on any atom is -0.480 e.